The Morgan fingerprint density at radius 2 is 2.05 bits per heavy atom. The van der Waals surface area contributed by atoms with E-state index in [1.165, 1.54) is 6.42 Å². The Bertz CT molecular complexity index is 452. The molecular weight excluding hydrogens is 278 g/mol. The molecule has 5 nitrogen and oxygen atoms in total. The monoisotopic (exact) mass is 305 g/mol. The molecule has 1 aliphatic carbocycles. The van der Waals surface area contributed by atoms with Crippen LogP contribution in [0.1, 0.15) is 31.2 Å². The molecule has 122 valence electrons. The molecule has 0 aliphatic heterocycles. The van der Waals surface area contributed by atoms with Crippen molar-refractivity contribution in [3.8, 4) is 0 Å². The molecule has 0 bridgehead atoms. The van der Waals surface area contributed by atoms with Crippen LogP contribution < -0.4 is 11.1 Å². The van der Waals surface area contributed by atoms with Crippen molar-refractivity contribution in [2.45, 2.75) is 44.4 Å². The summed E-state index contributed by atoms with van der Waals surface area (Å²) < 4.78 is 5.33. The number of carbonyl (C=O) groups is 1. The van der Waals surface area contributed by atoms with Crippen molar-refractivity contribution in [3.05, 3.63) is 35.9 Å². The highest BCUT2D eigenvalue weighted by Gasteiger charge is 2.29. The Labute approximate surface area is 132 Å². The second kappa shape index (κ2) is 8.76. The van der Waals surface area contributed by atoms with Gasteiger partial charge in [0.2, 0.25) is 0 Å². The van der Waals surface area contributed by atoms with Gasteiger partial charge in [0.1, 0.15) is 6.61 Å². The topological polar surface area (TPSA) is 67.6 Å². The molecule has 0 unspecified atom stereocenters. The summed E-state index contributed by atoms with van der Waals surface area (Å²) in [7, 11) is 2.08. The lowest BCUT2D eigenvalue weighted by atomic mass is 9.89. The first-order valence-electron chi connectivity index (χ1n) is 8.08. The van der Waals surface area contributed by atoms with Gasteiger partial charge in [0, 0.05) is 25.2 Å². The maximum absolute atomic E-state index is 12.0. The third kappa shape index (κ3) is 5.00. The molecule has 2 rings (SSSR count). The van der Waals surface area contributed by atoms with Crippen molar-refractivity contribution in [2.24, 2.45) is 5.73 Å². The van der Waals surface area contributed by atoms with Crippen LogP contribution >= 0.6 is 0 Å². The molecule has 0 spiro atoms. The second-order valence-corrected chi connectivity index (χ2v) is 5.93. The smallest absolute Gasteiger partial charge is 0.407 e. The van der Waals surface area contributed by atoms with Gasteiger partial charge in [-0.1, -0.05) is 43.2 Å². The summed E-state index contributed by atoms with van der Waals surface area (Å²) in [5.74, 6) is 0. The van der Waals surface area contributed by atoms with Crippen molar-refractivity contribution >= 4 is 6.09 Å². The first kappa shape index (κ1) is 16.8. The average Bonchev–Trinajstić information content (AvgIpc) is 2.54. The van der Waals surface area contributed by atoms with E-state index in [1.807, 2.05) is 30.3 Å². The van der Waals surface area contributed by atoms with E-state index in [9.17, 15) is 4.79 Å². The number of rotatable bonds is 6. The summed E-state index contributed by atoms with van der Waals surface area (Å²) in [5, 5.41) is 3.03. The Hall–Kier alpha value is -1.59. The minimum Gasteiger partial charge on any atom is -0.445 e. The van der Waals surface area contributed by atoms with E-state index in [0.717, 1.165) is 31.4 Å². The molecule has 2 atom stereocenters. The molecule has 5 heteroatoms. The Kier molecular flexibility index (Phi) is 6.68. The van der Waals surface area contributed by atoms with Crippen LogP contribution in [0.15, 0.2) is 30.3 Å². The molecule has 1 aromatic rings. The van der Waals surface area contributed by atoms with Gasteiger partial charge in [-0.2, -0.15) is 0 Å². The SMILES string of the molecule is CN(CCN)[C@H]1CCCC[C@H]1NC(=O)OCc1ccccc1. The summed E-state index contributed by atoms with van der Waals surface area (Å²) in [4.78, 5) is 14.3. The standard InChI is InChI=1S/C17H27N3O2/c1-20(12-11-18)16-10-6-5-9-15(16)19-17(21)22-13-14-7-3-2-4-8-14/h2-4,7-8,15-16H,5-6,9-13,18H2,1H3,(H,19,21)/t15-,16+/m1/s1. The van der Waals surface area contributed by atoms with Crippen molar-refractivity contribution < 1.29 is 9.53 Å². The lowest BCUT2D eigenvalue weighted by Crippen LogP contribution is -2.53. The molecule has 1 saturated carbocycles. The van der Waals surface area contributed by atoms with Crippen molar-refractivity contribution in [2.75, 3.05) is 20.1 Å². The number of benzene rings is 1. The van der Waals surface area contributed by atoms with Crippen LogP contribution in [0.25, 0.3) is 0 Å². The van der Waals surface area contributed by atoms with E-state index >= 15 is 0 Å². The van der Waals surface area contributed by atoms with E-state index in [0.29, 0.717) is 19.2 Å². The third-order valence-corrected chi connectivity index (χ3v) is 4.29. The fraction of sp³-hybridized carbons (Fsp3) is 0.588. The summed E-state index contributed by atoms with van der Waals surface area (Å²) in [6.07, 6.45) is 4.12. The van der Waals surface area contributed by atoms with Gasteiger partial charge in [0.05, 0.1) is 0 Å². The maximum atomic E-state index is 12.0. The van der Waals surface area contributed by atoms with E-state index in [4.69, 9.17) is 10.5 Å². The van der Waals surface area contributed by atoms with Crippen LogP contribution in [0.3, 0.4) is 0 Å². The normalized spacial score (nSPS) is 21.6. The number of nitrogens with one attached hydrogen (secondary N) is 1. The van der Waals surface area contributed by atoms with E-state index < -0.39 is 0 Å². The van der Waals surface area contributed by atoms with Crippen LogP contribution in [0.5, 0.6) is 0 Å². The summed E-state index contributed by atoms with van der Waals surface area (Å²) >= 11 is 0. The summed E-state index contributed by atoms with van der Waals surface area (Å²) in [6, 6.07) is 10.2. The zero-order chi connectivity index (χ0) is 15.8. The number of nitrogens with zero attached hydrogens (tertiary/aromatic N) is 1. The summed E-state index contributed by atoms with van der Waals surface area (Å²) in [6.45, 7) is 1.79. The highest BCUT2D eigenvalue weighted by atomic mass is 16.5. The predicted molar refractivity (Wildman–Crippen MR) is 87.5 cm³/mol. The van der Waals surface area contributed by atoms with E-state index in [2.05, 4.69) is 17.3 Å². The van der Waals surface area contributed by atoms with Crippen molar-refractivity contribution in [1.29, 1.82) is 0 Å². The molecule has 1 aliphatic rings. The molecule has 0 aromatic heterocycles. The lowest BCUT2D eigenvalue weighted by molar-refractivity contribution is 0.112. The average molecular weight is 305 g/mol. The van der Waals surface area contributed by atoms with Gasteiger partial charge in [0.15, 0.2) is 0 Å². The minimum absolute atomic E-state index is 0.147. The van der Waals surface area contributed by atoms with Crippen LogP contribution in [-0.4, -0.2) is 43.2 Å². The van der Waals surface area contributed by atoms with Crippen LogP contribution in [0.4, 0.5) is 4.79 Å². The molecule has 0 heterocycles. The van der Waals surface area contributed by atoms with E-state index in [1.54, 1.807) is 0 Å². The lowest BCUT2D eigenvalue weighted by Gasteiger charge is -2.38. The fourth-order valence-corrected chi connectivity index (χ4v) is 3.09. The molecule has 1 fully saturated rings. The summed E-state index contributed by atoms with van der Waals surface area (Å²) in [5.41, 5.74) is 6.64. The van der Waals surface area contributed by atoms with Crippen LogP contribution in [-0.2, 0) is 11.3 Å². The van der Waals surface area contributed by atoms with Crippen molar-refractivity contribution in [1.82, 2.24) is 10.2 Å². The molecule has 1 amide bonds. The quantitative estimate of drug-likeness (QED) is 0.845. The first-order valence-corrected chi connectivity index (χ1v) is 8.08. The second-order valence-electron chi connectivity index (χ2n) is 5.93. The Balaban J connectivity index is 1.83. The van der Waals surface area contributed by atoms with Crippen LogP contribution in [0, 0.1) is 0 Å². The van der Waals surface area contributed by atoms with Gasteiger partial charge < -0.3 is 20.7 Å². The third-order valence-electron chi connectivity index (χ3n) is 4.29. The van der Waals surface area contributed by atoms with Gasteiger partial charge in [-0.05, 0) is 25.5 Å². The molecule has 22 heavy (non-hydrogen) atoms. The van der Waals surface area contributed by atoms with Gasteiger partial charge in [-0.15, -0.1) is 0 Å². The molecule has 3 N–H and O–H groups in total. The fourth-order valence-electron chi connectivity index (χ4n) is 3.09. The van der Waals surface area contributed by atoms with Crippen LogP contribution in [0.2, 0.25) is 0 Å². The van der Waals surface area contributed by atoms with Gasteiger partial charge in [-0.3, -0.25) is 0 Å². The zero-order valence-electron chi connectivity index (χ0n) is 13.3. The number of likely N-dealkylation sites (N-methyl/N-ethyl adjacent to an activating group) is 1. The highest BCUT2D eigenvalue weighted by molar-refractivity contribution is 5.67. The number of carbonyl (C=O) groups excluding carboxylic acids is 1. The first-order chi connectivity index (χ1) is 10.7. The predicted octanol–water partition coefficient (Wildman–Crippen LogP) is 2.11. The largest absolute Gasteiger partial charge is 0.445 e. The van der Waals surface area contributed by atoms with Gasteiger partial charge in [0.25, 0.3) is 0 Å². The van der Waals surface area contributed by atoms with Crippen molar-refractivity contribution in [3.63, 3.8) is 0 Å². The number of amides is 1. The molecule has 0 radical (unpaired) electrons. The highest BCUT2D eigenvalue weighted by Crippen LogP contribution is 2.22. The number of ether oxygens (including phenoxy) is 1. The number of alkyl carbamates (subject to hydrolysis) is 1. The zero-order valence-corrected chi connectivity index (χ0v) is 13.3. The molecule has 0 saturated heterocycles. The molecular formula is C17H27N3O2. The Morgan fingerprint density at radius 3 is 2.77 bits per heavy atom. The van der Waals surface area contributed by atoms with Gasteiger partial charge in [-0.25, -0.2) is 4.79 Å². The maximum Gasteiger partial charge on any atom is 0.407 e. The molecule has 1 aromatic carbocycles. The van der Waals surface area contributed by atoms with E-state index in [-0.39, 0.29) is 12.1 Å². The number of hydrogen-bond donors (Lipinski definition) is 2. The van der Waals surface area contributed by atoms with Gasteiger partial charge >= 0.3 is 6.09 Å². The number of hydrogen-bond acceptors (Lipinski definition) is 4. The Morgan fingerprint density at radius 1 is 1.32 bits per heavy atom. The minimum atomic E-state index is -0.332. The number of nitrogens with two attached hydrogens (primary N) is 1.